The smallest absolute Gasteiger partial charge is 0.225 e. The van der Waals surface area contributed by atoms with Gasteiger partial charge in [-0.3, -0.25) is 9.59 Å². The number of rotatable bonds is 6. The fourth-order valence-electron chi connectivity index (χ4n) is 2.50. The van der Waals surface area contributed by atoms with Gasteiger partial charge in [-0.25, -0.2) is 0 Å². The first kappa shape index (κ1) is 19.0. The van der Waals surface area contributed by atoms with Crippen molar-refractivity contribution in [3.05, 3.63) is 36.1 Å². The molecule has 1 atom stereocenters. The highest BCUT2D eigenvalue weighted by Crippen LogP contribution is 2.27. The molecule has 5 nitrogen and oxygen atoms in total. The molecule has 2 rings (SSSR count). The summed E-state index contributed by atoms with van der Waals surface area (Å²) in [5, 5.41) is 3.90. The fraction of sp³-hybridized carbons (Fsp3) is 0.500. The van der Waals surface area contributed by atoms with Crippen LogP contribution >= 0.6 is 0 Å². The molecule has 0 aliphatic rings. The van der Waals surface area contributed by atoms with Crippen molar-refractivity contribution in [3.8, 4) is 0 Å². The first-order valence-electron chi connectivity index (χ1n) is 8.72. The maximum Gasteiger partial charge on any atom is 0.225 e. The number of carbonyl (C=O) groups is 2. The number of furan rings is 1. The Hall–Kier alpha value is -2.30. The van der Waals surface area contributed by atoms with Gasteiger partial charge in [-0.2, -0.15) is 0 Å². The molecule has 0 radical (unpaired) electrons. The SMILES string of the molecule is CC(c1cc2ccccc2o1)N(C)C(=O)CCCNC(=O)C(C)(C)C. The van der Waals surface area contributed by atoms with Gasteiger partial charge in [-0.15, -0.1) is 0 Å². The third-order valence-corrected chi connectivity index (χ3v) is 4.36. The van der Waals surface area contributed by atoms with Crippen LogP contribution in [0.3, 0.4) is 0 Å². The predicted molar refractivity (Wildman–Crippen MR) is 99.1 cm³/mol. The Morgan fingerprint density at radius 3 is 2.56 bits per heavy atom. The second-order valence-corrected chi connectivity index (χ2v) is 7.48. The lowest BCUT2D eigenvalue weighted by Gasteiger charge is -2.23. The molecule has 25 heavy (non-hydrogen) atoms. The van der Waals surface area contributed by atoms with E-state index in [0.29, 0.717) is 19.4 Å². The van der Waals surface area contributed by atoms with Crippen LogP contribution in [-0.4, -0.2) is 30.3 Å². The Morgan fingerprint density at radius 2 is 1.92 bits per heavy atom. The average molecular weight is 344 g/mol. The number of hydrogen-bond donors (Lipinski definition) is 1. The molecule has 0 fully saturated rings. The molecular formula is C20H28N2O3. The number of fused-ring (bicyclic) bond motifs is 1. The highest BCUT2D eigenvalue weighted by molar-refractivity contribution is 5.81. The van der Waals surface area contributed by atoms with Crippen LogP contribution in [0.4, 0.5) is 0 Å². The first-order chi connectivity index (χ1) is 11.7. The minimum Gasteiger partial charge on any atom is -0.459 e. The van der Waals surface area contributed by atoms with Crippen LogP contribution in [0.25, 0.3) is 11.0 Å². The summed E-state index contributed by atoms with van der Waals surface area (Å²) in [6, 6.07) is 9.66. The molecule has 2 amide bonds. The number of hydrogen-bond acceptors (Lipinski definition) is 3. The summed E-state index contributed by atoms with van der Waals surface area (Å²) in [6.07, 6.45) is 1.02. The Bertz CT molecular complexity index is 710. The summed E-state index contributed by atoms with van der Waals surface area (Å²) >= 11 is 0. The Labute approximate surface area is 149 Å². The van der Waals surface area contributed by atoms with Gasteiger partial charge in [-0.1, -0.05) is 39.0 Å². The lowest BCUT2D eigenvalue weighted by Crippen LogP contribution is -2.36. The summed E-state index contributed by atoms with van der Waals surface area (Å²) in [7, 11) is 1.79. The molecule has 0 aliphatic carbocycles. The topological polar surface area (TPSA) is 62.6 Å². The van der Waals surface area contributed by atoms with E-state index in [1.165, 1.54) is 0 Å². The molecule has 1 aromatic carbocycles. The zero-order valence-corrected chi connectivity index (χ0v) is 15.8. The van der Waals surface area contributed by atoms with Crippen LogP contribution in [0, 0.1) is 5.41 Å². The number of nitrogens with zero attached hydrogens (tertiary/aromatic N) is 1. The van der Waals surface area contributed by atoms with Crippen LogP contribution in [0.2, 0.25) is 0 Å². The number of carbonyl (C=O) groups excluding carboxylic acids is 2. The lowest BCUT2D eigenvalue weighted by molar-refractivity contribution is -0.132. The highest BCUT2D eigenvalue weighted by Gasteiger charge is 2.22. The van der Waals surface area contributed by atoms with E-state index in [-0.39, 0.29) is 17.9 Å². The zero-order valence-electron chi connectivity index (χ0n) is 15.8. The molecule has 0 saturated carbocycles. The van der Waals surface area contributed by atoms with E-state index in [9.17, 15) is 9.59 Å². The maximum atomic E-state index is 12.4. The second kappa shape index (κ2) is 7.72. The van der Waals surface area contributed by atoms with Gasteiger partial charge in [0.05, 0.1) is 6.04 Å². The van der Waals surface area contributed by atoms with Crippen molar-refractivity contribution >= 4 is 22.8 Å². The molecule has 1 heterocycles. The summed E-state index contributed by atoms with van der Waals surface area (Å²) in [6.45, 7) is 8.08. The molecule has 0 aliphatic heterocycles. The molecule has 5 heteroatoms. The van der Waals surface area contributed by atoms with Gasteiger partial charge in [0, 0.05) is 30.8 Å². The summed E-state index contributed by atoms with van der Waals surface area (Å²) in [5.74, 6) is 0.819. The van der Waals surface area contributed by atoms with Gasteiger partial charge in [0.1, 0.15) is 11.3 Å². The summed E-state index contributed by atoms with van der Waals surface area (Å²) in [5.41, 5.74) is 0.423. The van der Waals surface area contributed by atoms with Crippen LogP contribution in [-0.2, 0) is 9.59 Å². The Balaban J connectivity index is 1.85. The van der Waals surface area contributed by atoms with E-state index in [1.807, 2.05) is 58.0 Å². The average Bonchev–Trinajstić information content (AvgIpc) is 3.00. The molecule has 0 spiro atoms. The molecule has 136 valence electrons. The second-order valence-electron chi connectivity index (χ2n) is 7.48. The standard InChI is InChI=1S/C20H28N2O3/c1-14(17-13-15-9-6-7-10-16(15)25-17)22(5)18(23)11-8-12-21-19(24)20(2,3)4/h6-7,9-10,13-14H,8,11-12H2,1-5H3,(H,21,24). The van der Waals surface area contributed by atoms with Gasteiger partial charge in [0.25, 0.3) is 0 Å². The van der Waals surface area contributed by atoms with E-state index >= 15 is 0 Å². The largest absolute Gasteiger partial charge is 0.459 e. The van der Waals surface area contributed by atoms with E-state index in [2.05, 4.69) is 5.32 Å². The molecule has 1 N–H and O–H groups in total. The number of benzene rings is 1. The maximum absolute atomic E-state index is 12.4. The van der Waals surface area contributed by atoms with Gasteiger partial charge >= 0.3 is 0 Å². The Kier molecular flexibility index (Phi) is 5.88. The van der Waals surface area contributed by atoms with Crippen molar-refractivity contribution < 1.29 is 14.0 Å². The molecule has 0 saturated heterocycles. The fourth-order valence-corrected chi connectivity index (χ4v) is 2.50. The van der Waals surface area contributed by atoms with Gasteiger partial charge in [0.2, 0.25) is 11.8 Å². The molecular weight excluding hydrogens is 316 g/mol. The molecule has 1 aromatic heterocycles. The van der Waals surface area contributed by atoms with E-state index in [4.69, 9.17) is 4.42 Å². The van der Waals surface area contributed by atoms with Gasteiger partial charge < -0.3 is 14.6 Å². The third kappa shape index (κ3) is 4.84. The third-order valence-electron chi connectivity index (χ3n) is 4.36. The van der Waals surface area contributed by atoms with Crippen molar-refractivity contribution in [2.75, 3.05) is 13.6 Å². The normalized spacial score (nSPS) is 12.8. The van der Waals surface area contributed by atoms with Gasteiger partial charge in [0.15, 0.2) is 0 Å². The number of para-hydroxylation sites is 1. The van der Waals surface area contributed by atoms with Crippen LogP contribution in [0.5, 0.6) is 0 Å². The molecule has 2 aromatic rings. The molecule has 0 bridgehead atoms. The highest BCUT2D eigenvalue weighted by atomic mass is 16.3. The van der Waals surface area contributed by atoms with E-state index in [0.717, 1.165) is 16.7 Å². The van der Waals surface area contributed by atoms with Crippen LogP contribution in [0.15, 0.2) is 34.7 Å². The van der Waals surface area contributed by atoms with Crippen LogP contribution in [0.1, 0.15) is 52.3 Å². The molecule has 1 unspecified atom stereocenters. The van der Waals surface area contributed by atoms with E-state index in [1.54, 1.807) is 11.9 Å². The first-order valence-corrected chi connectivity index (χ1v) is 8.72. The van der Waals surface area contributed by atoms with Crippen molar-refractivity contribution in [2.24, 2.45) is 5.41 Å². The summed E-state index contributed by atoms with van der Waals surface area (Å²) < 4.78 is 5.84. The number of amides is 2. The Morgan fingerprint density at radius 1 is 1.24 bits per heavy atom. The zero-order chi connectivity index (χ0) is 18.6. The van der Waals surface area contributed by atoms with E-state index < -0.39 is 5.41 Å². The van der Waals surface area contributed by atoms with Crippen molar-refractivity contribution in [1.82, 2.24) is 10.2 Å². The minimum atomic E-state index is -0.406. The van der Waals surface area contributed by atoms with Gasteiger partial charge in [-0.05, 0) is 25.5 Å². The predicted octanol–water partition coefficient (Wildman–Crippen LogP) is 3.89. The van der Waals surface area contributed by atoms with Crippen LogP contribution < -0.4 is 5.32 Å². The lowest BCUT2D eigenvalue weighted by atomic mass is 9.96. The van der Waals surface area contributed by atoms with Crippen molar-refractivity contribution in [3.63, 3.8) is 0 Å². The monoisotopic (exact) mass is 344 g/mol. The van der Waals surface area contributed by atoms with Crippen molar-refractivity contribution in [2.45, 2.75) is 46.6 Å². The number of nitrogens with one attached hydrogen (secondary N) is 1. The quantitative estimate of drug-likeness (QED) is 0.809. The minimum absolute atomic E-state index is 0.00365. The summed E-state index contributed by atoms with van der Waals surface area (Å²) in [4.78, 5) is 25.9. The van der Waals surface area contributed by atoms with Crippen molar-refractivity contribution in [1.29, 1.82) is 0 Å².